The highest BCUT2D eigenvalue weighted by atomic mass is 32.2. The lowest BCUT2D eigenvalue weighted by atomic mass is 10.2. The van der Waals surface area contributed by atoms with Crippen LogP contribution in [0, 0.1) is 0 Å². The number of carbonyl (C=O) groups is 1. The molecule has 4 heteroatoms. The minimum Gasteiger partial charge on any atom is -0.478 e. The quantitative estimate of drug-likeness (QED) is 0.825. The van der Waals surface area contributed by atoms with Gasteiger partial charge in [-0.1, -0.05) is 6.07 Å². The van der Waals surface area contributed by atoms with Gasteiger partial charge in [0.1, 0.15) is 0 Å². The van der Waals surface area contributed by atoms with Crippen LogP contribution in [0.15, 0.2) is 29.2 Å². The van der Waals surface area contributed by atoms with Crippen LogP contribution in [0.2, 0.25) is 0 Å². The summed E-state index contributed by atoms with van der Waals surface area (Å²) in [4.78, 5) is 11.3. The van der Waals surface area contributed by atoms with Crippen LogP contribution in [0.4, 0.5) is 0 Å². The van der Waals surface area contributed by atoms with Gasteiger partial charge in [-0.2, -0.15) is 0 Å². The summed E-state index contributed by atoms with van der Waals surface area (Å²) in [6.07, 6.45) is 1.98. The van der Waals surface area contributed by atoms with Crippen molar-refractivity contribution in [2.45, 2.75) is 23.0 Å². The highest BCUT2D eigenvalue weighted by Crippen LogP contribution is 2.30. The number of aromatic carboxylic acids is 1. The maximum atomic E-state index is 11.7. The third-order valence-corrected chi connectivity index (χ3v) is 3.94. The molecule has 1 N–H and O–H groups in total. The normalized spacial score (nSPS) is 17.7. The summed E-state index contributed by atoms with van der Waals surface area (Å²) in [5.74, 6) is -0.973. The average molecular weight is 210 g/mol. The molecular formula is C10H10O3S. The molecule has 0 bridgehead atoms. The predicted octanol–water partition coefficient (Wildman–Crippen LogP) is 1.65. The molecule has 0 radical (unpaired) electrons. The number of hydrogen-bond donors (Lipinski definition) is 1. The van der Waals surface area contributed by atoms with E-state index >= 15 is 0 Å². The van der Waals surface area contributed by atoms with Gasteiger partial charge in [-0.05, 0) is 31.0 Å². The summed E-state index contributed by atoms with van der Waals surface area (Å²) >= 11 is 0. The summed E-state index contributed by atoms with van der Waals surface area (Å²) in [6, 6.07) is 6.37. The Hall–Kier alpha value is -1.16. The summed E-state index contributed by atoms with van der Waals surface area (Å²) in [6.45, 7) is 0. The molecule has 1 aliphatic carbocycles. The van der Waals surface area contributed by atoms with Gasteiger partial charge in [0, 0.05) is 10.1 Å². The van der Waals surface area contributed by atoms with Gasteiger partial charge in [-0.25, -0.2) is 4.79 Å². The highest BCUT2D eigenvalue weighted by molar-refractivity contribution is 7.86. The van der Waals surface area contributed by atoms with E-state index in [2.05, 4.69) is 0 Å². The lowest BCUT2D eigenvalue weighted by Gasteiger charge is -2.00. The van der Waals surface area contributed by atoms with Crippen molar-refractivity contribution < 1.29 is 14.1 Å². The number of benzene rings is 1. The molecule has 0 amide bonds. The molecule has 1 aromatic rings. The van der Waals surface area contributed by atoms with Gasteiger partial charge in [0.05, 0.1) is 16.4 Å². The molecule has 1 atom stereocenters. The van der Waals surface area contributed by atoms with Crippen molar-refractivity contribution in [2.75, 3.05) is 0 Å². The lowest BCUT2D eigenvalue weighted by molar-refractivity contribution is 0.0696. The Morgan fingerprint density at radius 1 is 1.43 bits per heavy atom. The first kappa shape index (κ1) is 9.40. The molecule has 1 saturated carbocycles. The van der Waals surface area contributed by atoms with Crippen LogP contribution in [0.5, 0.6) is 0 Å². The van der Waals surface area contributed by atoms with E-state index < -0.39 is 16.8 Å². The molecule has 1 fully saturated rings. The van der Waals surface area contributed by atoms with Crippen LogP contribution >= 0.6 is 0 Å². The van der Waals surface area contributed by atoms with Crippen molar-refractivity contribution in [3.05, 3.63) is 29.8 Å². The van der Waals surface area contributed by atoms with Gasteiger partial charge in [0.2, 0.25) is 0 Å². The second kappa shape index (κ2) is 3.53. The molecule has 1 unspecified atom stereocenters. The van der Waals surface area contributed by atoms with E-state index in [0.717, 1.165) is 12.8 Å². The average Bonchev–Trinajstić information content (AvgIpc) is 3.00. The molecule has 1 aliphatic rings. The third-order valence-electron chi connectivity index (χ3n) is 2.14. The second-order valence-corrected chi connectivity index (χ2v) is 5.06. The Bertz CT molecular complexity index is 396. The molecular weight excluding hydrogens is 200 g/mol. The fourth-order valence-corrected chi connectivity index (χ4v) is 2.63. The highest BCUT2D eigenvalue weighted by Gasteiger charge is 2.29. The topological polar surface area (TPSA) is 54.4 Å². The summed E-state index contributed by atoms with van der Waals surface area (Å²) in [5.41, 5.74) is 0.205. The smallest absolute Gasteiger partial charge is 0.335 e. The molecule has 2 rings (SSSR count). The van der Waals surface area contributed by atoms with Crippen LogP contribution in [-0.4, -0.2) is 20.5 Å². The zero-order chi connectivity index (χ0) is 10.1. The molecule has 3 nitrogen and oxygen atoms in total. The van der Waals surface area contributed by atoms with Crippen molar-refractivity contribution in [1.82, 2.24) is 0 Å². The maximum Gasteiger partial charge on any atom is 0.335 e. The van der Waals surface area contributed by atoms with E-state index in [9.17, 15) is 9.00 Å². The van der Waals surface area contributed by atoms with Gasteiger partial charge >= 0.3 is 5.97 Å². The molecule has 14 heavy (non-hydrogen) atoms. The summed E-state index contributed by atoms with van der Waals surface area (Å²) < 4.78 is 11.7. The van der Waals surface area contributed by atoms with Crippen LogP contribution in [0.25, 0.3) is 0 Å². The zero-order valence-corrected chi connectivity index (χ0v) is 8.29. The Balaban J connectivity index is 2.29. The van der Waals surface area contributed by atoms with Crippen molar-refractivity contribution >= 4 is 16.8 Å². The minimum absolute atomic E-state index is 0.205. The van der Waals surface area contributed by atoms with Gasteiger partial charge < -0.3 is 5.11 Å². The van der Waals surface area contributed by atoms with Crippen molar-refractivity contribution in [2.24, 2.45) is 0 Å². The molecule has 1 aromatic carbocycles. The minimum atomic E-state index is -1.01. The predicted molar refractivity (Wildman–Crippen MR) is 52.8 cm³/mol. The monoisotopic (exact) mass is 210 g/mol. The van der Waals surface area contributed by atoms with E-state index in [1.54, 1.807) is 12.1 Å². The molecule has 74 valence electrons. The van der Waals surface area contributed by atoms with E-state index in [4.69, 9.17) is 5.11 Å². The number of carboxylic acid groups (broad SMARTS) is 1. The standard InChI is InChI=1S/C10H10O3S/c11-10(12)7-2-1-3-9(6-7)14(13)8-4-5-8/h1-3,6,8H,4-5H2,(H,11,12). The SMILES string of the molecule is O=C(O)c1cccc(S(=O)C2CC2)c1. The fraction of sp³-hybridized carbons (Fsp3) is 0.300. The molecule has 0 aromatic heterocycles. The lowest BCUT2D eigenvalue weighted by Crippen LogP contribution is -2.01. The first-order valence-corrected chi connectivity index (χ1v) is 5.64. The van der Waals surface area contributed by atoms with E-state index in [1.165, 1.54) is 12.1 Å². The molecule has 0 heterocycles. The van der Waals surface area contributed by atoms with Gasteiger partial charge in [-0.15, -0.1) is 0 Å². The Morgan fingerprint density at radius 3 is 2.71 bits per heavy atom. The third kappa shape index (κ3) is 1.85. The van der Waals surface area contributed by atoms with E-state index in [1.807, 2.05) is 0 Å². The van der Waals surface area contributed by atoms with Crippen molar-refractivity contribution in [3.8, 4) is 0 Å². The van der Waals surface area contributed by atoms with Gasteiger partial charge in [0.15, 0.2) is 0 Å². The van der Waals surface area contributed by atoms with Gasteiger partial charge in [0.25, 0.3) is 0 Å². The Labute approximate surface area is 84.2 Å². The second-order valence-electron chi connectivity index (χ2n) is 3.33. The first-order valence-electron chi connectivity index (χ1n) is 4.42. The number of rotatable bonds is 3. The number of carboxylic acids is 1. The van der Waals surface area contributed by atoms with Crippen LogP contribution < -0.4 is 0 Å². The molecule has 0 saturated heterocycles. The first-order chi connectivity index (χ1) is 6.68. The summed E-state index contributed by atoms with van der Waals surface area (Å²) in [7, 11) is -1.01. The number of hydrogen-bond acceptors (Lipinski definition) is 2. The Morgan fingerprint density at radius 2 is 2.14 bits per heavy atom. The zero-order valence-electron chi connectivity index (χ0n) is 7.47. The van der Waals surface area contributed by atoms with Crippen LogP contribution in [0.3, 0.4) is 0 Å². The fourth-order valence-electron chi connectivity index (χ4n) is 1.23. The van der Waals surface area contributed by atoms with E-state index in [0.29, 0.717) is 4.90 Å². The summed E-state index contributed by atoms with van der Waals surface area (Å²) in [5, 5.41) is 9.00. The Kier molecular flexibility index (Phi) is 2.37. The van der Waals surface area contributed by atoms with E-state index in [-0.39, 0.29) is 10.8 Å². The van der Waals surface area contributed by atoms with Crippen LogP contribution in [0.1, 0.15) is 23.2 Å². The van der Waals surface area contributed by atoms with Gasteiger partial charge in [-0.3, -0.25) is 4.21 Å². The van der Waals surface area contributed by atoms with Crippen LogP contribution in [-0.2, 0) is 10.8 Å². The molecule has 0 aliphatic heterocycles. The molecule has 0 spiro atoms. The van der Waals surface area contributed by atoms with Crippen molar-refractivity contribution in [1.29, 1.82) is 0 Å². The maximum absolute atomic E-state index is 11.7. The van der Waals surface area contributed by atoms with Crippen molar-refractivity contribution in [3.63, 3.8) is 0 Å². The largest absolute Gasteiger partial charge is 0.478 e.